The van der Waals surface area contributed by atoms with E-state index in [-0.39, 0.29) is 0 Å². The average molecular weight is 154 g/mol. The van der Waals surface area contributed by atoms with E-state index in [0.29, 0.717) is 5.92 Å². The van der Waals surface area contributed by atoms with Crippen molar-refractivity contribution in [2.75, 3.05) is 13.2 Å². The number of nitrogens with zero attached hydrogens (tertiary/aromatic N) is 3. The van der Waals surface area contributed by atoms with Gasteiger partial charge in [0.1, 0.15) is 0 Å². The van der Waals surface area contributed by atoms with Crippen LogP contribution in [-0.4, -0.2) is 33.8 Å². The highest BCUT2D eigenvalue weighted by Gasteiger charge is 2.19. The van der Waals surface area contributed by atoms with Crippen LogP contribution in [0.2, 0.25) is 0 Å². The Hall–Kier alpha value is -0.970. The van der Waals surface area contributed by atoms with Gasteiger partial charge in [0.25, 0.3) is 0 Å². The molecule has 0 amide bonds. The highest BCUT2D eigenvalue weighted by molar-refractivity contribution is 4.91. The Morgan fingerprint density at radius 1 is 1.55 bits per heavy atom. The van der Waals surface area contributed by atoms with E-state index < -0.39 is 0 Å². The quantitative estimate of drug-likeness (QED) is 0.622. The van der Waals surface area contributed by atoms with Crippen LogP contribution in [0.3, 0.4) is 0 Å². The third-order valence-corrected chi connectivity index (χ3v) is 1.89. The molecular formula is C6H10N4O. The summed E-state index contributed by atoms with van der Waals surface area (Å²) in [5.74, 6) is 1.13. The first-order valence-electron chi connectivity index (χ1n) is 3.78. The van der Waals surface area contributed by atoms with Gasteiger partial charge in [0.2, 0.25) is 0 Å². The molecule has 2 rings (SSSR count). The largest absolute Gasteiger partial charge is 0.381 e. The lowest BCUT2D eigenvalue weighted by Crippen LogP contribution is -2.16. The third kappa shape index (κ3) is 1.37. The Labute approximate surface area is 64.1 Å². The summed E-state index contributed by atoms with van der Waals surface area (Å²) in [4.78, 5) is 0. The summed E-state index contributed by atoms with van der Waals surface area (Å²) in [6.07, 6.45) is 2.21. The van der Waals surface area contributed by atoms with Crippen molar-refractivity contribution >= 4 is 0 Å². The van der Waals surface area contributed by atoms with Crippen LogP contribution in [0.1, 0.15) is 24.6 Å². The molecule has 1 unspecified atom stereocenters. The maximum atomic E-state index is 5.28. The van der Waals surface area contributed by atoms with Gasteiger partial charge in [0.05, 0.1) is 6.61 Å². The van der Waals surface area contributed by atoms with Crippen LogP contribution in [0.4, 0.5) is 0 Å². The highest BCUT2D eigenvalue weighted by atomic mass is 16.5. The van der Waals surface area contributed by atoms with Gasteiger partial charge in [-0.15, -0.1) is 10.2 Å². The monoisotopic (exact) mass is 154 g/mol. The van der Waals surface area contributed by atoms with Crippen molar-refractivity contribution in [1.82, 2.24) is 20.6 Å². The van der Waals surface area contributed by atoms with Crippen molar-refractivity contribution in [3.05, 3.63) is 5.82 Å². The molecule has 2 heterocycles. The molecule has 0 saturated carbocycles. The van der Waals surface area contributed by atoms with E-state index in [2.05, 4.69) is 20.6 Å². The first-order valence-corrected chi connectivity index (χ1v) is 3.78. The van der Waals surface area contributed by atoms with Gasteiger partial charge in [-0.2, -0.15) is 5.21 Å². The lowest BCUT2D eigenvalue weighted by molar-refractivity contribution is 0.0780. The van der Waals surface area contributed by atoms with Crippen LogP contribution < -0.4 is 0 Å². The summed E-state index contributed by atoms with van der Waals surface area (Å²) in [6.45, 7) is 1.61. The molecule has 1 aromatic heterocycles. The van der Waals surface area contributed by atoms with Crippen molar-refractivity contribution in [2.45, 2.75) is 18.8 Å². The number of hydrogen-bond donors (Lipinski definition) is 1. The van der Waals surface area contributed by atoms with Crippen molar-refractivity contribution < 1.29 is 4.74 Å². The predicted octanol–water partition coefficient (Wildman–Crippen LogP) is 0.0937. The number of tetrazole rings is 1. The number of nitrogens with one attached hydrogen (secondary N) is 1. The standard InChI is InChI=1S/C6H10N4O/c1-2-5(4-11-3-1)6-7-9-10-8-6/h5H,1-4H2,(H,7,8,9,10). The molecule has 1 aliphatic heterocycles. The van der Waals surface area contributed by atoms with E-state index >= 15 is 0 Å². The maximum Gasteiger partial charge on any atom is 0.179 e. The summed E-state index contributed by atoms with van der Waals surface area (Å²) in [5, 5.41) is 13.8. The molecule has 60 valence electrons. The van der Waals surface area contributed by atoms with E-state index in [4.69, 9.17) is 4.74 Å². The fourth-order valence-corrected chi connectivity index (χ4v) is 1.29. The minimum Gasteiger partial charge on any atom is -0.381 e. The zero-order valence-electron chi connectivity index (χ0n) is 6.16. The third-order valence-electron chi connectivity index (χ3n) is 1.89. The molecule has 0 spiro atoms. The molecule has 0 radical (unpaired) electrons. The molecule has 11 heavy (non-hydrogen) atoms. The topological polar surface area (TPSA) is 63.7 Å². The van der Waals surface area contributed by atoms with Gasteiger partial charge in [-0.1, -0.05) is 5.21 Å². The van der Waals surface area contributed by atoms with Crippen molar-refractivity contribution in [1.29, 1.82) is 0 Å². The van der Waals surface area contributed by atoms with Crippen LogP contribution in [-0.2, 0) is 4.74 Å². The van der Waals surface area contributed by atoms with Gasteiger partial charge < -0.3 is 4.74 Å². The van der Waals surface area contributed by atoms with Crippen molar-refractivity contribution in [3.8, 4) is 0 Å². The summed E-state index contributed by atoms with van der Waals surface area (Å²) in [7, 11) is 0. The number of aromatic nitrogens is 4. The maximum absolute atomic E-state index is 5.28. The minimum atomic E-state index is 0.350. The van der Waals surface area contributed by atoms with Crippen LogP contribution in [0.5, 0.6) is 0 Å². The van der Waals surface area contributed by atoms with Crippen LogP contribution in [0, 0.1) is 0 Å². The average Bonchev–Trinajstić information content (AvgIpc) is 2.58. The SMILES string of the molecule is C1COCC(c2nn[nH]n2)C1. The van der Waals surface area contributed by atoms with Crippen molar-refractivity contribution in [3.63, 3.8) is 0 Å². The molecule has 1 saturated heterocycles. The molecule has 1 atom stereocenters. The smallest absolute Gasteiger partial charge is 0.179 e. The number of rotatable bonds is 1. The molecule has 1 aromatic rings. The van der Waals surface area contributed by atoms with Gasteiger partial charge in [-0.3, -0.25) is 0 Å². The Balaban J connectivity index is 2.04. The van der Waals surface area contributed by atoms with Gasteiger partial charge in [-0.25, -0.2) is 0 Å². The first kappa shape index (κ1) is 6.72. The second kappa shape index (κ2) is 2.96. The zero-order chi connectivity index (χ0) is 7.52. The van der Waals surface area contributed by atoms with E-state index in [1.54, 1.807) is 0 Å². The normalized spacial score (nSPS) is 25.3. The van der Waals surface area contributed by atoms with E-state index in [9.17, 15) is 0 Å². The molecule has 1 fully saturated rings. The molecule has 0 aromatic carbocycles. The van der Waals surface area contributed by atoms with E-state index in [1.807, 2.05) is 0 Å². The Morgan fingerprint density at radius 2 is 2.55 bits per heavy atom. The van der Waals surface area contributed by atoms with Crippen molar-refractivity contribution in [2.24, 2.45) is 0 Å². The molecule has 0 aliphatic carbocycles. The predicted molar refractivity (Wildman–Crippen MR) is 37.0 cm³/mol. The summed E-state index contributed by atoms with van der Waals surface area (Å²) in [5.41, 5.74) is 0. The van der Waals surface area contributed by atoms with Gasteiger partial charge in [0, 0.05) is 12.5 Å². The summed E-state index contributed by atoms with van der Waals surface area (Å²) >= 11 is 0. The first-order chi connectivity index (χ1) is 5.47. The van der Waals surface area contributed by atoms with Crippen LogP contribution >= 0.6 is 0 Å². The summed E-state index contributed by atoms with van der Waals surface area (Å²) < 4.78 is 5.28. The molecule has 0 bridgehead atoms. The van der Waals surface area contributed by atoms with Crippen LogP contribution in [0.25, 0.3) is 0 Å². The Bertz CT molecular complexity index is 204. The highest BCUT2D eigenvalue weighted by Crippen LogP contribution is 2.20. The lowest BCUT2D eigenvalue weighted by atomic mass is 10.0. The second-order valence-corrected chi connectivity index (χ2v) is 2.68. The molecule has 1 aliphatic rings. The number of ether oxygens (including phenoxy) is 1. The van der Waals surface area contributed by atoms with E-state index in [1.165, 1.54) is 0 Å². The molecular weight excluding hydrogens is 144 g/mol. The number of aromatic amines is 1. The van der Waals surface area contributed by atoms with Crippen LogP contribution in [0.15, 0.2) is 0 Å². The minimum absolute atomic E-state index is 0.350. The molecule has 5 heteroatoms. The second-order valence-electron chi connectivity index (χ2n) is 2.68. The molecule has 1 N–H and O–H groups in total. The summed E-state index contributed by atoms with van der Waals surface area (Å²) in [6, 6.07) is 0. The van der Waals surface area contributed by atoms with Gasteiger partial charge >= 0.3 is 0 Å². The number of H-pyrrole nitrogens is 1. The molecule has 5 nitrogen and oxygen atoms in total. The fourth-order valence-electron chi connectivity index (χ4n) is 1.29. The van der Waals surface area contributed by atoms with Gasteiger partial charge in [-0.05, 0) is 12.8 Å². The Morgan fingerprint density at radius 3 is 3.18 bits per heavy atom. The lowest BCUT2D eigenvalue weighted by Gasteiger charge is -2.18. The van der Waals surface area contributed by atoms with E-state index in [0.717, 1.165) is 31.9 Å². The zero-order valence-corrected chi connectivity index (χ0v) is 6.16. The van der Waals surface area contributed by atoms with Gasteiger partial charge in [0.15, 0.2) is 5.82 Å². The number of hydrogen-bond acceptors (Lipinski definition) is 4. The fraction of sp³-hybridized carbons (Fsp3) is 0.833. The Kier molecular flexibility index (Phi) is 1.81.